The van der Waals surface area contributed by atoms with E-state index in [9.17, 15) is 5.11 Å². The van der Waals surface area contributed by atoms with E-state index >= 15 is 0 Å². The van der Waals surface area contributed by atoms with Gasteiger partial charge in [0.2, 0.25) is 5.13 Å². The second kappa shape index (κ2) is 5.69. The molecule has 4 nitrogen and oxygen atoms in total. The lowest BCUT2D eigenvalue weighted by Crippen LogP contribution is -1.91. The molecule has 18 heavy (non-hydrogen) atoms. The van der Waals surface area contributed by atoms with E-state index in [4.69, 9.17) is 11.6 Å². The molecule has 0 fully saturated rings. The zero-order valence-electron chi connectivity index (χ0n) is 9.32. The Hall–Kier alpha value is -1.11. The number of anilines is 1. The van der Waals surface area contributed by atoms with Crippen LogP contribution in [0.5, 0.6) is 5.75 Å². The van der Waals surface area contributed by atoms with Gasteiger partial charge in [-0.05, 0) is 35.0 Å². The standard InChI is InChI=1S/C11H9BrClN3OS/c1-6-5-18-11(15-6)16-14-4-7-2-8(13)3-9(12)10(7)17/h2-5,17H,1H3,(H,15,16). The molecule has 0 bridgehead atoms. The zero-order chi connectivity index (χ0) is 13.1. The maximum absolute atomic E-state index is 9.79. The van der Waals surface area contributed by atoms with Gasteiger partial charge in [-0.25, -0.2) is 4.98 Å². The molecular weight excluding hydrogens is 338 g/mol. The van der Waals surface area contributed by atoms with E-state index in [-0.39, 0.29) is 5.75 Å². The molecule has 0 atom stereocenters. The van der Waals surface area contributed by atoms with Gasteiger partial charge < -0.3 is 5.11 Å². The molecule has 0 aliphatic carbocycles. The molecule has 2 aromatic rings. The van der Waals surface area contributed by atoms with Crippen LogP contribution in [-0.2, 0) is 0 Å². The number of aromatic nitrogens is 1. The molecule has 0 saturated carbocycles. The van der Waals surface area contributed by atoms with Crippen LogP contribution in [0.3, 0.4) is 0 Å². The fraction of sp³-hybridized carbons (Fsp3) is 0.0909. The maximum Gasteiger partial charge on any atom is 0.203 e. The predicted octanol–water partition coefficient (Wildman–Crippen LogP) is 4.02. The first kappa shape index (κ1) is 13.3. The van der Waals surface area contributed by atoms with Crippen LogP contribution in [0, 0.1) is 6.92 Å². The summed E-state index contributed by atoms with van der Waals surface area (Å²) in [6.07, 6.45) is 1.49. The third-order valence-corrected chi connectivity index (χ3v) is 3.73. The number of phenols is 1. The van der Waals surface area contributed by atoms with E-state index in [2.05, 4.69) is 31.4 Å². The highest BCUT2D eigenvalue weighted by Crippen LogP contribution is 2.30. The number of rotatable bonds is 3. The van der Waals surface area contributed by atoms with Crippen molar-refractivity contribution in [3.8, 4) is 5.75 Å². The second-order valence-corrected chi connectivity index (χ2v) is 5.64. The van der Waals surface area contributed by atoms with Gasteiger partial charge in [0.25, 0.3) is 0 Å². The van der Waals surface area contributed by atoms with Gasteiger partial charge in [0.05, 0.1) is 16.4 Å². The topological polar surface area (TPSA) is 57.5 Å². The van der Waals surface area contributed by atoms with Crippen molar-refractivity contribution in [2.45, 2.75) is 6.92 Å². The van der Waals surface area contributed by atoms with Gasteiger partial charge in [-0.1, -0.05) is 11.6 Å². The van der Waals surface area contributed by atoms with E-state index in [1.54, 1.807) is 12.1 Å². The molecule has 1 aromatic heterocycles. The third-order valence-electron chi connectivity index (χ3n) is 2.04. The minimum atomic E-state index is 0.0975. The number of hydrogen-bond acceptors (Lipinski definition) is 5. The summed E-state index contributed by atoms with van der Waals surface area (Å²) in [4.78, 5) is 4.20. The van der Waals surface area contributed by atoms with E-state index in [1.165, 1.54) is 17.6 Å². The van der Waals surface area contributed by atoms with Crippen LogP contribution in [0.25, 0.3) is 0 Å². The average Bonchev–Trinajstić information content (AvgIpc) is 2.71. The third kappa shape index (κ3) is 3.22. The number of nitrogens with one attached hydrogen (secondary N) is 1. The second-order valence-electron chi connectivity index (χ2n) is 3.49. The normalized spacial score (nSPS) is 11.1. The Morgan fingerprint density at radius 1 is 1.56 bits per heavy atom. The summed E-state index contributed by atoms with van der Waals surface area (Å²) in [6, 6.07) is 3.24. The summed E-state index contributed by atoms with van der Waals surface area (Å²) >= 11 is 10.6. The highest BCUT2D eigenvalue weighted by atomic mass is 79.9. The number of phenolic OH excluding ortho intramolecular Hbond substituents is 1. The van der Waals surface area contributed by atoms with E-state index in [1.807, 2.05) is 12.3 Å². The predicted molar refractivity (Wildman–Crippen MR) is 78.9 cm³/mol. The summed E-state index contributed by atoms with van der Waals surface area (Å²) in [5.74, 6) is 0.0975. The van der Waals surface area contributed by atoms with Crippen molar-refractivity contribution in [3.63, 3.8) is 0 Å². The summed E-state index contributed by atoms with van der Waals surface area (Å²) < 4.78 is 0.529. The molecule has 7 heteroatoms. The van der Waals surface area contributed by atoms with Crippen molar-refractivity contribution in [1.29, 1.82) is 0 Å². The number of halogens is 2. The van der Waals surface area contributed by atoms with Gasteiger partial charge >= 0.3 is 0 Å². The lowest BCUT2D eigenvalue weighted by molar-refractivity contribution is 0.471. The fourth-order valence-corrected chi connectivity index (χ4v) is 2.72. The van der Waals surface area contributed by atoms with Crippen LogP contribution in [0.4, 0.5) is 5.13 Å². The Bertz CT molecular complexity index is 600. The SMILES string of the molecule is Cc1csc(NN=Cc2cc(Cl)cc(Br)c2O)n1. The van der Waals surface area contributed by atoms with Crippen LogP contribution < -0.4 is 5.43 Å². The molecule has 2 N–H and O–H groups in total. The van der Waals surface area contributed by atoms with E-state index in [0.717, 1.165) is 5.69 Å². The molecule has 0 radical (unpaired) electrons. The molecule has 0 amide bonds. The Morgan fingerprint density at radius 3 is 3.00 bits per heavy atom. The molecule has 1 aromatic carbocycles. The van der Waals surface area contributed by atoms with Crippen LogP contribution in [-0.4, -0.2) is 16.3 Å². The lowest BCUT2D eigenvalue weighted by Gasteiger charge is -2.02. The van der Waals surface area contributed by atoms with Gasteiger partial charge in [0.1, 0.15) is 5.75 Å². The Morgan fingerprint density at radius 2 is 2.33 bits per heavy atom. The Labute approximate surface area is 121 Å². The molecular formula is C11H9BrClN3OS. The van der Waals surface area contributed by atoms with Gasteiger partial charge in [-0.15, -0.1) is 11.3 Å². The summed E-state index contributed by atoms with van der Waals surface area (Å²) in [7, 11) is 0. The molecule has 1 heterocycles. The van der Waals surface area contributed by atoms with Gasteiger partial charge in [-0.2, -0.15) is 5.10 Å². The molecule has 0 spiro atoms. The van der Waals surface area contributed by atoms with Crippen molar-refractivity contribution in [3.05, 3.63) is 38.3 Å². The lowest BCUT2D eigenvalue weighted by atomic mass is 10.2. The van der Waals surface area contributed by atoms with Crippen LogP contribution in [0.2, 0.25) is 5.02 Å². The van der Waals surface area contributed by atoms with Crippen LogP contribution in [0.1, 0.15) is 11.3 Å². The number of nitrogens with zero attached hydrogens (tertiary/aromatic N) is 2. The number of benzene rings is 1. The molecule has 0 unspecified atom stereocenters. The van der Waals surface area contributed by atoms with Gasteiger partial charge in [0, 0.05) is 16.0 Å². The first-order valence-corrected chi connectivity index (χ1v) is 7.00. The number of hydrazone groups is 1. The van der Waals surface area contributed by atoms with Crippen molar-refractivity contribution in [2.75, 3.05) is 5.43 Å². The minimum absolute atomic E-state index is 0.0975. The number of thiazole rings is 1. The number of hydrogen-bond donors (Lipinski definition) is 2. The van der Waals surface area contributed by atoms with Crippen molar-refractivity contribution in [2.24, 2.45) is 5.10 Å². The van der Waals surface area contributed by atoms with Crippen LogP contribution in [0.15, 0.2) is 27.1 Å². The smallest absolute Gasteiger partial charge is 0.203 e. The van der Waals surface area contributed by atoms with Gasteiger partial charge in [-0.3, -0.25) is 5.43 Å². The zero-order valence-corrected chi connectivity index (χ0v) is 12.5. The largest absolute Gasteiger partial charge is 0.506 e. The molecule has 0 saturated heterocycles. The highest BCUT2D eigenvalue weighted by Gasteiger charge is 2.05. The van der Waals surface area contributed by atoms with Crippen molar-refractivity contribution < 1.29 is 5.11 Å². The van der Waals surface area contributed by atoms with Crippen LogP contribution >= 0.6 is 38.9 Å². The van der Waals surface area contributed by atoms with E-state index in [0.29, 0.717) is 20.2 Å². The number of aryl methyl sites for hydroxylation is 1. The quantitative estimate of drug-likeness (QED) is 0.652. The maximum atomic E-state index is 9.79. The first-order valence-electron chi connectivity index (χ1n) is 4.95. The van der Waals surface area contributed by atoms with Gasteiger partial charge in [0.15, 0.2) is 0 Å². The highest BCUT2D eigenvalue weighted by molar-refractivity contribution is 9.10. The Kier molecular flexibility index (Phi) is 4.21. The fourth-order valence-electron chi connectivity index (χ4n) is 1.25. The molecule has 94 valence electrons. The summed E-state index contributed by atoms with van der Waals surface area (Å²) in [5, 5.41) is 16.9. The average molecular weight is 347 g/mol. The van der Waals surface area contributed by atoms with E-state index < -0.39 is 0 Å². The van der Waals surface area contributed by atoms with Crippen molar-refractivity contribution >= 4 is 50.2 Å². The summed E-state index contributed by atoms with van der Waals surface area (Å²) in [6.45, 7) is 1.91. The first-order chi connectivity index (χ1) is 8.56. The monoisotopic (exact) mass is 345 g/mol. The van der Waals surface area contributed by atoms with Crippen molar-refractivity contribution in [1.82, 2.24) is 4.98 Å². The number of aromatic hydroxyl groups is 1. The minimum Gasteiger partial charge on any atom is -0.506 e. The molecule has 0 aliphatic heterocycles. The molecule has 0 aliphatic rings. The summed E-state index contributed by atoms with van der Waals surface area (Å²) in [5.41, 5.74) is 4.25. The molecule has 2 rings (SSSR count). The Balaban J connectivity index is 2.14.